The molecule has 6 heteroatoms. The van der Waals surface area contributed by atoms with Crippen molar-refractivity contribution in [3.63, 3.8) is 0 Å². The molecular weight excluding hydrogens is 348 g/mol. The predicted octanol–water partition coefficient (Wildman–Crippen LogP) is 3.93. The van der Waals surface area contributed by atoms with Crippen LogP contribution in [0.4, 0.5) is 5.69 Å². The van der Waals surface area contributed by atoms with Crippen LogP contribution in [0.3, 0.4) is 0 Å². The highest BCUT2D eigenvalue weighted by atomic mass is 35.5. The van der Waals surface area contributed by atoms with Crippen LogP contribution in [0.5, 0.6) is 0 Å². The van der Waals surface area contributed by atoms with Crippen LogP contribution in [-0.2, 0) is 6.54 Å². The van der Waals surface area contributed by atoms with Crippen LogP contribution in [0.15, 0.2) is 71.7 Å². The Morgan fingerprint density at radius 1 is 1.08 bits per heavy atom. The summed E-state index contributed by atoms with van der Waals surface area (Å²) in [5.74, 6) is 0. The van der Waals surface area contributed by atoms with Gasteiger partial charge < -0.3 is 5.32 Å². The average molecular weight is 365 g/mol. The molecular formula is C20H17ClN4O. The zero-order valence-electron chi connectivity index (χ0n) is 14.2. The van der Waals surface area contributed by atoms with Gasteiger partial charge >= 0.3 is 5.69 Å². The number of rotatable bonds is 4. The summed E-state index contributed by atoms with van der Waals surface area (Å²) >= 11 is 6.11. The highest BCUT2D eigenvalue weighted by molar-refractivity contribution is 6.30. The highest BCUT2D eigenvalue weighted by Crippen LogP contribution is 2.19. The third-order valence-electron chi connectivity index (χ3n) is 4.34. The molecule has 0 unspecified atom stereocenters. The van der Waals surface area contributed by atoms with E-state index in [0.29, 0.717) is 22.9 Å². The number of imidazole rings is 1. The summed E-state index contributed by atoms with van der Waals surface area (Å²) in [7, 11) is 1.88. The quantitative estimate of drug-likeness (QED) is 0.597. The molecule has 2 aromatic carbocycles. The Balaban J connectivity index is 1.87. The number of hydrogen-bond acceptors (Lipinski definition) is 3. The van der Waals surface area contributed by atoms with Gasteiger partial charge in [0.1, 0.15) is 0 Å². The van der Waals surface area contributed by atoms with E-state index in [1.807, 2.05) is 55.6 Å². The average Bonchev–Trinajstić information content (AvgIpc) is 2.94. The molecule has 0 saturated carbocycles. The van der Waals surface area contributed by atoms with Crippen LogP contribution in [0, 0.1) is 0 Å². The van der Waals surface area contributed by atoms with Gasteiger partial charge in [-0.3, -0.25) is 4.57 Å². The van der Waals surface area contributed by atoms with E-state index in [0.717, 1.165) is 16.8 Å². The second-order valence-corrected chi connectivity index (χ2v) is 6.41. The Bertz CT molecular complexity index is 1130. The molecule has 2 heterocycles. The monoisotopic (exact) mass is 364 g/mol. The van der Waals surface area contributed by atoms with Gasteiger partial charge in [0.05, 0.1) is 17.7 Å². The molecule has 4 rings (SSSR count). The Morgan fingerprint density at radius 3 is 2.62 bits per heavy atom. The number of nitrogens with zero attached hydrogens (tertiary/aromatic N) is 3. The lowest BCUT2D eigenvalue weighted by atomic mass is 10.2. The summed E-state index contributed by atoms with van der Waals surface area (Å²) in [6.07, 6.45) is 1.69. The van der Waals surface area contributed by atoms with E-state index < -0.39 is 0 Å². The van der Waals surface area contributed by atoms with Crippen LogP contribution in [0.25, 0.3) is 16.9 Å². The van der Waals surface area contributed by atoms with E-state index in [1.54, 1.807) is 27.5 Å². The molecule has 2 aromatic heterocycles. The van der Waals surface area contributed by atoms with E-state index >= 15 is 0 Å². The van der Waals surface area contributed by atoms with E-state index in [9.17, 15) is 4.79 Å². The summed E-state index contributed by atoms with van der Waals surface area (Å²) in [6.45, 7) is 0.471. The molecule has 26 heavy (non-hydrogen) atoms. The Morgan fingerprint density at radius 2 is 1.88 bits per heavy atom. The molecule has 0 spiro atoms. The largest absolute Gasteiger partial charge is 0.388 e. The first-order chi connectivity index (χ1) is 12.7. The molecule has 0 bridgehead atoms. The standard InChI is InChI=1S/C20H17ClN4O/c1-22-16-9-7-14(8-10-16)13-24-18-6-3-11-23-19(18)25(20(24)26)17-5-2-4-15(21)12-17/h2-12,22H,13H2,1H3. The van der Waals surface area contributed by atoms with Gasteiger partial charge in [-0.2, -0.15) is 0 Å². The normalized spacial score (nSPS) is 11.0. The lowest BCUT2D eigenvalue weighted by Gasteiger charge is -2.05. The Hall–Kier alpha value is -3.05. The van der Waals surface area contributed by atoms with Gasteiger partial charge in [-0.15, -0.1) is 0 Å². The van der Waals surface area contributed by atoms with Gasteiger partial charge in [0.15, 0.2) is 5.65 Å². The summed E-state index contributed by atoms with van der Waals surface area (Å²) in [6, 6.07) is 19.0. The van der Waals surface area contributed by atoms with Crippen molar-refractivity contribution in [2.24, 2.45) is 0 Å². The number of hydrogen-bond donors (Lipinski definition) is 1. The van der Waals surface area contributed by atoms with Crippen molar-refractivity contribution >= 4 is 28.5 Å². The maximum atomic E-state index is 13.2. The Labute approximate surface area is 155 Å². The van der Waals surface area contributed by atoms with Gasteiger partial charge in [-0.1, -0.05) is 29.8 Å². The number of benzene rings is 2. The van der Waals surface area contributed by atoms with E-state index in [-0.39, 0.29) is 5.69 Å². The fraction of sp³-hybridized carbons (Fsp3) is 0.100. The topological polar surface area (TPSA) is 51.9 Å². The fourth-order valence-corrected chi connectivity index (χ4v) is 3.23. The van der Waals surface area contributed by atoms with E-state index in [4.69, 9.17) is 11.6 Å². The van der Waals surface area contributed by atoms with Crippen molar-refractivity contribution in [1.82, 2.24) is 14.1 Å². The minimum absolute atomic E-state index is 0.140. The second kappa shape index (κ2) is 6.69. The summed E-state index contributed by atoms with van der Waals surface area (Å²) in [4.78, 5) is 17.6. The second-order valence-electron chi connectivity index (χ2n) is 5.98. The van der Waals surface area contributed by atoms with Crippen molar-refractivity contribution in [2.75, 3.05) is 12.4 Å². The minimum Gasteiger partial charge on any atom is -0.388 e. The number of nitrogens with one attached hydrogen (secondary N) is 1. The smallest absolute Gasteiger partial charge is 0.335 e. The number of anilines is 1. The van der Waals surface area contributed by atoms with Crippen LogP contribution < -0.4 is 11.0 Å². The van der Waals surface area contributed by atoms with Gasteiger partial charge in [0.25, 0.3) is 0 Å². The third kappa shape index (κ3) is 2.86. The highest BCUT2D eigenvalue weighted by Gasteiger charge is 2.16. The first-order valence-electron chi connectivity index (χ1n) is 8.26. The molecule has 4 aromatic rings. The van der Waals surface area contributed by atoms with Crippen LogP contribution in [0.1, 0.15) is 5.56 Å². The molecule has 0 fully saturated rings. The number of pyridine rings is 1. The first kappa shape index (κ1) is 16.4. The maximum absolute atomic E-state index is 13.2. The molecule has 1 N–H and O–H groups in total. The summed E-state index contributed by atoms with van der Waals surface area (Å²) < 4.78 is 3.33. The molecule has 5 nitrogen and oxygen atoms in total. The first-order valence-corrected chi connectivity index (χ1v) is 8.64. The van der Waals surface area contributed by atoms with Crippen molar-refractivity contribution in [3.8, 4) is 5.69 Å². The SMILES string of the molecule is CNc1ccc(Cn2c(=O)n(-c3cccc(Cl)c3)c3ncccc32)cc1. The lowest BCUT2D eigenvalue weighted by molar-refractivity contribution is 0.763. The van der Waals surface area contributed by atoms with E-state index in [1.165, 1.54) is 0 Å². The zero-order chi connectivity index (χ0) is 18.1. The Kier molecular flexibility index (Phi) is 4.22. The molecule has 0 amide bonds. The zero-order valence-corrected chi connectivity index (χ0v) is 14.9. The number of halogens is 1. The lowest BCUT2D eigenvalue weighted by Crippen LogP contribution is -2.23. The van der Waals surface area contributed by atoms with Gasteiger partial charge in [-0.25, -0.2) is 14.3 Å². The van der Waals surface area contributed by atoms with Crippen LogP contribution in [0.2, 0.25) is 5.02 Å². The molecule has 0 aliphatic rings. The molecule has 0 saturated heterocycles. The molecule has 0 atom stereocenters. The van der Waals surface area contributed by atoms with Gasteiger partial charge in [0.2, 0.25) is 0 Å². The van der Waals surface area contributed by atoms with Gasteiger partial charge in [0, 0.05) is 24.0 Å². The minimum atomic E-state index is -0.140. The van der Waals surface area contributed by atoms with Crippen molar-refractivity contribution < 1.29 is 0 Å². The van der Waals surface area contributed by atoms with Crippen molar-refractivity contribution in [3.05, 3.63) is 87.9 Å². The van der Waals surface area contributed by atoms with Crippen LogP contribution >= 0.6 is 11.6 Å². The number of fused-ring (bicyclic) bond motifs is 1. The summed E-state index contributed by atoms with van der Waals surface area (Å²) in [5, 5.41) is 3.67. The van der Waals surface area contributed by atoms with E-state index in [2.05, 4.69) is 10.3 Å². The van der Waals surface area contributed by atoms with Crippen LogP contribution in [-0.4, -0.2) is 21.2 Å². The van der Waals surface area contributed by atoms with Gasteiger partial charge in [-0.05, 0) is 48.0 Å². The maximum Gasteiger partial charge on any atom is 0.335 e. The third-order valence-corrected chi connectivity index (χ3v) is 4.58. The molecule has 130 valence electrons. The molecule has 0 aliphatic heterocycles. The fourth-order valence-electron chi connectivity index (χ4n) is 3.05. The van der Waals surface area contributed by atoms with Crippen molar-refractivity contribution in [1.29, 1.82) is 0 Å². The van der Waals surface area contributed by atoms with Crippen molar-refractivity contribution in [2.45, 2.75) is 6.54 Å². The summed E-state index contributed by atoms with van der Waals surface area (Å²) in [5.41, 5.74) is 4.04. The number of aromatic nitrogens is 3. The molecule has 0 aliphatic carbocycles. The molecule has 0 radical (unpaired) electrons. The predicted molar refractivity (Wildman–Crippen MR) is 105 cm³/mol.